The molecule has 2 N–H and O–H groups in total. The Morgan fingerprint density at radius 2 is 1.96 bits per heavy atom. The van der Waals surface area contributed by atoms with Gasteiger partial charge in [0.1, 0.15) is 11.6 Å². The number of amides is 1. The first-order valence-electron chi connectivity index (χ1n) is 8.41. The molecule has 1 heterocycles. The van der Waals surface area contributed by atoms with Crippen molar-refractivity contribution in [1.82, 2.24) is 0 Å². The molecule has 0 saturated carbocycles. The Hall–Kier alpha value is -2.74. The third-order valence-corrected chi connectivity index (χ3v) is 6.18. The number of fused-ring (bicyclic) bond motifs is 1. The predicted molar refractivity (Wildman–Crippen MR) is 100.0 cm³/mol. The number of hydrogen-bond acceptors (Lipinski definition) is 5. The number of ketones is 1. The van der Waals surface area contributed by atoms with Crippen LogP contribution >= 0.6 is 0 Å². The van der Waals surface area contributed by atoms with E-state index in [1.54, 1.807) is 18.2 Å². The van der Waals surface area contributed by atoms with Crippen molar-refractivity contribution < 1.29 is 22.4 Å². The molecule has 27 heavy (non-hydrogen) atoms. The molecule has 0 fully saturated rings. The predicted octanol–water partition coefficient (Wildman–Crippen LogP) is 2.36. The normalized spacial score (nSPS) is 13.9. The summed E-state index contributed by atoms with van der Waals surface area (Å²) in [6.45, 7) is 1.58. The number of rotatable bonds is 4. The monoisotopic (exact) mass is 390 g/mol. The van der Waals surface area contributed by atoms with E-state index >= 15 is 0 Å². The lowest BCUT2D eigenvalue weighted by atomic mass is 10.00. The van der Waals surface area contributed by atoms with E-state index in [9.17, 15) is 22.4 Å². The molecule has 0 atom stereocenters. The summed E-state index contributed by atoms with van der Waals surface area (Å²) in [7, 11) is -4.06. The SMILES string of the molecule is CC(=O)c1ccc(S(=O)(=O)CC(=O)N2CCCc3c(N)cccc32)cc1F. The van der Waals surface area contributed by atoms with E-state index < -0.39 is 33.1 Å². The van der Waals surface area contributed by atoms with Crippen molar-refractivity contribution in [3.8, 4) is 0 Å². The van der Waals surface area contributed by atoms with Crippen molar-refractivity contribution in [3.05, 3.63) is 53.3 Å². The van der Waals surface area contributed by atoms with Crippen LogP contribution in [0.15, 0.2) is 41.3 Å². The standard InChI is InChI=1S/C19H19FN2O4S/c1-12(23)14-8-7-13(10-16(14)20)27(25,26)11-19(24)22-9-3-4-15-17(21)5-2-6-18(15)22/h2,5-8,10H,3-4,9,11,21H2,1H3. The van der Waals surface area contributed by atoms with Crippen molar-refractivity contribution in [1.29, 1.82) is 0 Å². The number of nitrogen functional groups attached to an aromatic ring is 1. The first-order chi connectivity index (χ1) is 12.7. The quantitative estimate of drug-likeness (QED) is 0.638. The number of hydrogen-bond donors (Lipinski definition) is 1. The molecule has 1 amide bonds. The van der Waals surface area contributed by atoms with E-state index in [0.29, 0.717) is 24.3 Å². The minimum atomic E-state index is -4.06. The lowest BCUT2D eigenvalue weighted by Crippen LogP contribution is -2.39. The summed E-state index contributed by atoms with van der Waals surface area (Å²) in [5, 5.41) is 0. The average molecular weight is 390 g/mol. The molecule has 0 bridgehead atoms. The van der Waals surface area contributed by atoms with Crippen LogP contribution in [0.5, 0.6) is 0 Å². The molecule has 2 aromatic carbocycles. The minimum Gasteiger partial charge on any atom is -0.398 e. The van der Waals surface area contributed by atoms with Gasteiger partial charge in [-0.1, -0.05) is 6.07 Å². The molecule has 142 valence electrons. The van der Waals surface area contributed by atoms with Gasteiger partial charge in [0.15, 0.2) is 15.6 Å². The summed E-state index contributed by atoms with van der Waals surface area (Å²) in [6, 6.07) is 8.22. The molecule has 0 aliphatic carbocycles. The highest BCUT2D eigenvalue weighted by atomic mass is 32.2. The van der Waals surface area contributed by atoms with Gasteiger partial charge >= 0.3 is 0 Å². The summed E-state index contributed by atoms with van der Waals surface area (Å²) in [5.74, 6) is -2.82. The molecule has 8 heteroatoms. The van der Waals surface area contributed by atoms with Gasteiger partial charge in [-0.15, -0.1) is 0 Å². The first-order valence-corrected chi connectivity index (χ1v) is 10.1. The van der Waals surface area contributed by atoms with Gasteiger partial charge in [0, 0.05) is 17.9 Å². The number of anilines is 2. The second-order valence-corrected chi connectivity index (χ2v) is 8.44. The second-order valence-electron chi connectivity index (χ2n) is 6.45. The Labute approximate surface area is 156 Å². The first kappa shape index (κ1) is 19.0. The highest BCUT2D eigenvalue weighted by Gasteiger charge is 2.28. The number of carbonyl (C=O) groups is 2. The van der Waals surface area contributed by atoms with Crippen LogP contribution in [-0.2, 0) is 21.1 Å². The van der Waals surface area contributed by atoms with E-state index in [2.05, 4.69) is 0 Å². The third kappa shape index (κ3) is 3.71. The van der Waals surface area contributed by atoms with Gasteiger partial charge < -0.3 is 10.6 Å². The highest BCUT2D eigenvalue weighted by Crippen LogP contribution is 2.31. The fourth-order valence-electron chi connectivity index (χ4n) is 3.21. The van der Waals surface area contributed by atoms with Gasteiger partial charge in [0.2, 0.25) is 5.91 Å². The third-order valence-electron chi connectivity index (χ3n) is 4.58. The maximum atomic E-state index is 14.0. The summed E-state index contributed by atoms with van der Waals surface area (Å²) >= 11 is 0. The van der Waals surface area contributed by atoms with Gasteiger partial charge in [-0.05, 0) is 55.7 Å². The molecule has 0 spiro atoms. The molecule has 3 rings (SSSR count). The molecule has 0 saturated heterocycles. The molecule has 0 unspecified atom stereocenters. The fraction of sp³-hybridized carbons (Fsp3) is 0.263. The van der Waals surface area contributed by atoms with E-state index in [4.69, 9.17) is 5.73 Å². The zero-order valence-corrected chi connectivity index (χ0v) is 15.6. The van der Waals surface area contributed by atoms with Crippen LogP contribution in [-0.4, -0.2) is 32.4 Å². The Morgan fingerprint density at radius 3 is 2.63 bits per heavy atom. The van der Waals surface area contributed by atoms with E-state index in [1.165, 1.54) is 11.8 Å². The second kappa shape index (κ2) is 7.11. The Morgan fingerprint density at radius 1 is 1.22 bits per heavy atom. The van der Waals surface area contributed by atoms with Crippen molar-refractivity contribution >= 4 is 32.9 Å². The number of halogens is 1. The van der Waals surface area contributed by atoms with Crippen LogP contribution in [0.1, 0.15) is 29.3 Å². The average Bonchev–Trinajstić information content (AvgIpc) is 2.61. The molecular formula is C19H19FN2O4S. The molecule has 0 radical (unpaired) electrons. The van der Waals surface area contributed by atoms with Gasteiger partial charge in [-0.25, -0.2) is 12.8 Å². The van der Waals surface area contributed by atoms with Gasteiger partial charge in [0.25, 0.3) is 0 Å². The number of carbonyl (C=O) groups excluding carboxylic acids is 2. The molecule has 1 aliphatic rings. The molecule has 1 aliphatic heterocycles. The van der Waals surface area contributed by atoms with Crippen molar-refractivity contribution in [2.24, 2.45) is 0 Å². The Kier molecular flexibility index (Phi) is 5.01. The molecule has 2 aromatic rings. The summed E-state index contributed by atoms with van der Waals surface area (Å²) in [5.41, 5.74) is 7.76. The van der Waals surface area contributed by atoms with Crippen LogP contribution in [0.3, 0.4) is 0 Å². The molecule has 0 aromatic heterocycles. The fourth-order valence-corrected chi connectivity index (χ4v) is 4.42. The largest absolute Gasteiger partial charge is 0.398 e. The maximum Gasteiger partial charge on any atom is 0.242 e. The number of sulfone groups is 1. The summed E-state index contributed by atoms with van der Waals surface area (Å²) in [4.78, 5) is 25.1. The van der Waals surface area contributed by atoms with Crippen LogP contribution in [0.2, 0.25) is 0 Å². The molecular weight excluding hydrogens is 371 g/mol. The maximum absolute atomic E-state index is 14.0. The van der Waals surface area contributed by atoms with E-state index in [0.717, 1.165) is 30.2 Å². The number of nitrogens with two attached hydrogens (primary N) is 1. The van der Waals surface area contributed by atoms with Gasteiger partial charge in [-0.2, -0.15) is 0 Å². The van der Waals surface area contributed by atoms with Crippen LogP contribution in [0, 0.1) is 5.82 Å². The van der Waals surface area contributed by atoms with Crippen molar-refractivity contribution in [2.75, 3.05) is 22.9 Å². The van der Waals surface area contributed by atoms with Crippen LogP contribution < -0.4 is 10.6 Å². The van der Waals surface area contributed by atoms with Gasteiger partial charge in [0.05, 0.1) is 10.5 Å². The Balaban J connectivity index is 1.87. The van der Waals surface area contributed by atoms with Crippen LogP contribution in [0.4, 0.5) is 15.8 Å². The highest BCUT2D eigenvalue weighted by molar-refractivity contribution is 7.92. The number of Topliss-reactive ketones (excluding diaryl/α,β-unsaturated/α-hetero) is 1. The van der Waals surface area contributed by atoms with E-state index in [-0.39, 0.29) is 10.5 Å². The van der Waals surface area contributed by atoms with Crippen molar-refractivity contribution in [3.63, 3.8) is 0 Å². The zero-order valence-electron chi connectivity index (χ0n) is 14.7. The van der Waals surface area contributed by atoms with Crippen molar-refractivity contribution in [2.45, 2.75) is 24.7 Å². The summed E-state index contributed by atoms with van der Waals surface area (Å²) < 4.78 is 39.1. The van der Waals surface area contributed by atoms with E-state index in [1.807, 2.05) is 0 Å². The Bertz CT molecular complexity index is 1030. The minimum absolute atomic E-state index is 0.194. The number of benzene rings is 2. The van der Waals surface area contributed by atoms with Gasteiger partial charge in [-0.3, -0.25) is 9.59 Å². The zero-order chi connectivity index (χ0) is 19.8. The number of nitrogens with zero attached hydrogens (tertiary/aromatic N) is 1. The molecule has 6 nitrogen and oxygen atoms in total. The summed E-state index contributed by atoms with van der Waals surface area (Å²) in [6.07, 6.45) is 1.39. The lowest BCUT2D eigenvalue weighted by Gasteiger charge is -2.30. The smallest absolute Gasteiger partial charge is 0.242 e. The lowest BCUT2D eigenvalue weighted by molar-refractivity contribution is -0.116. The van der Waals surface area contributed by atoms with Crippen LogP contribution in [0.25, 0.3) is 0 Å². The topological polar surface area (TPSA) is 97.5 Å².